The SMILES string of the molecule is C/C=C\C.C/C=C\C.C/C=C\C.CC.CC. The quantitative estimate of drug-likeness (QED) is 0.400. The fraction of sp³-hybridized carbons (Fsp3) is 0.625. The van der Waals surface area contributed by atoms with Crippen LogP contribution in [0.25, 0.3) is 0 Å². The zero-order valence-corrected chi connectivity index (χ0v) is 13.5. The van der Waals surface area contributed by atoms with Gasteiger partial charge in [-0.05, 0) is 41.5 Å². The fourth-order valence-corrected chi connectivity index (χ4v) is 0. The van der Waals surface area contributed by atoms with Gasteiger partial charge in [-0.15, -0.1) is 0 Å². The van der Waals surface area contributed by atoms with Gasteiger partial charge < -0.3 is 0 Å². The van der Waals surface area contributed by atoms with Crippen LogP contribution in [-0.4, -0.2) is 0 Å². The van der Waals surface area contributed by atoms with Crippen molar-refractivity contribution >= 4 is 0 Å². The lowest BCUT2D eigenvalue weighted by molar-refractivity contribution is 1.50. The van der Waals surface area contributed by atoms with E-state index in [0.717, 1.165) is 0 Å². The van der Waals surface area contributed by atoms with Crippen molar-refractivity contribution in [3.8, 4) is 0 Å². The first-order valence-electron chi connectivity index (χ1n) is 6.46. The van der Waals surface area contributed by atoms with Gasteiger partial charge in [-0.3, -0.25) is 0 Å². The molecule has 0 aromatic rings. The Morgan fingerprint density at radius 3 is 0.375 bits per heavy atom. The van der Waals surface area contributed by atoms with Crippen LogP contribution in [0.5, 0.6) is 0 Å². The van der Waals surface area contributed by atoms with Gasteiger partial charge in [0.2, 0.25) is 0 Å². The lowest BCUT2D eigenvalue weighted by Crippen LogP contribution is -1.26. The third-order valence-electron chi connectivity index (χ3n) is 1.00. The van der Waals surface area contributed by atoms with Crippen molar-refractivity contribution in [2.45, 2.75) is 69.2 Å². The van der Waals surface area contributed by atoms with Gasteiger partial charge in [0.15, 0.2) is 0 Å². The Hall–Kier alpha value is -0.780. The fourth-order valence-electron chi connectivity index (χ4n) is 0. The molecule has 0 nitrogen and oxygen atoms in total. The summed E-state index contributed by atoms with van der Waals surface area (Å²) >= 11 is 0. The lowest BCUT2D eigenvalue weighted by Gasteiger charge is -1.49. The van der Waals surface area contributed by atoms with Crippen LogP contribution < -0.4 is 0 Å². The smallest absolute Gasteiger partial charge is 0.0470 e. The van der Waals surface area contributed by atoms with E-state index in [1.165, 1.54) is 0 Å². The highest BCUT2D eigenvalue weighted by Crippen LogP contribution is 1.57. The van der Waals surface area contributed by atoms with Crippen molar-refractivity contribution < 1.29 is 0 Å². The Balaban J connectivity index is -0.0000000327. The van der Waals surface area contributed by atoms with Gasteiger partial charge in [0.1, 0.15) is 0 Å². The first kappa shape index (κ1) is 29.5. The Morgan fingerprint density at radius 2 is 0.375 bits per heavy atom. The van der Waals surface area contributed by atoms with Crippen LogP contribution in [0.15, 0.2) is 36.5 Å². The standard InChI is InChI=1S/3C4H8.2C2H6/c3*1-3-4-2;2*1-2/h3*3-4H,1-2H3;2*1-2H3/b3*4-3-;;. The molecule has 0 bridgehead atoms. The molecule has 0 spiro atoms. The Morgan fingerprint density at radius 1 is 0.312 bits per heavy atom. The molecule has 0 unspecified atom stereocenters. The monoisotopic (exact) mass is 228 g/mol. The summed E-state index contributed by atoms with van der Waals surface area (Å²) in [5, 5.41) is 0. The second-order valence-electron chi connectivity index (χ2n) is 2.00. The molecule has 0 heteroatoms. The van der Waals surface area contributed by atoms with Gasteiger partial charge in [0, 0.05) is 0 Å². The molecule has 0 N–H and O–H groups in total. The molecular weight excluding hydrogens is 192 g/mol. The van der Waals surface area contributed by atoms with Crippen molar-refractivity contribution in [3.63, 3.8) is 0 Å². The van der Waals surface area contributed by atoms with Gasteiger partial charge in [0.05, 0.1) is 0 Å². The second-order valence-corrected chi connectivity index (χ2v) is 2.00. The van der Waals surface area contributed by atoms with Crippen molar-refractivity contribution in [3.05, 3.63) is 36.5 Å². The van der Waals surface area contributed by atoms with Crippen LogP contribution >= 0.6 is 0 Å². The minimum atomic E-state index is 2.00. The van der Waals surface area contributed by atoms with E-state index in [0.29, 0.717) is 0 Å². The average molecular weight is 228 g/mol. The number of hydrogen-bond acceptors (Lipinski definition) is 0. The van der Waals surface area contributed by atoms with Crippen LogP contribution in [-0.2, 0) is 0 Å². The third-order valence-corrected chi connectivity index (χ3v) is 1.00. The molecule has 0 saturated heterocycles. The number of rotatable bonds is 0. The van der Waals surface area contributed by atoms with Crippen LogP contribution in [0.2, 0.25) is 0 Å². The maximum atomic E-state index is 2.00. The molecule has 16 heavy (non-hydrogen) atoms. The molecule has 100 valence electrons. The maximum Gasteiger partial charge on any atom is -0.0470 e. The molecule has 0 aromatic heterocycles. The third kappa shape index (κ3) is 401. The van der Waals surface area contributed by atoms with Crippen molar-refractivity contribution in [1.29, 1.82) is 0 Å². The second kappa shape index (κ2) is 91.2. The summed E-state index contributed by atoms with van der Waals surface area (Å²) < 4.78 is 0. The highest BCUT2D eigenvalue weighted by molar-refractivity contribution is 4.69. The molecule has 0 saturated carbocycles. The molecule has 0 aliphatic rings. The van der Waals surface area contributed by atoms with Gasteiger partial charge in [-0.25, -0.2) is 0 Å². The number of hydrogen-bond donors (Lipinski definition) is 0. The first-order valence-corrected chi connectivity index (χ1v) is 6.46. The average Bonchev–Trinajstić information content (AvgIpc) is 2.43. The summed E-state index contributed by atoms with van der Waals surface area (Å²) in [7, 11) is 0. The Bertz CT molecular complexity index is 69.4. The molecule has 0 fully saturated rings. The van der Waals surface area contributed by atoms with Crippen LogP contribution in [0, 0.1) is 0 Å². The summed E-state index contributed by atoms with van der Waals surface area (Å²) in [6.45, 7) is 20.0. The lowest BCUT2D eigenvalue weighted by atomic mass is 10.6. The van der Waals surface area contributed by atoms with E-state index in [9.17, 15) is 0 Å². The summed E-state index contributed by atoms with van der Waals surface area (Å²) in [5.41, 5.74) is 0. The predicted octanol–water partition coefficient (Wildman–Crippen LogP) is 6.80. The molecule has 0 aliphatic heterocycles. The highest BCUT2D eigenvalue weighted by Gasteiger charge is 1.35. The summed E-state index contributed by atoms with van der Waals surface area (Å²) in [6, 6.07) is 0. The van der Waals surface area contributed by atoms with Crippen LogP contribution in [0.1, 0.15) is 69.2 Å². The van der Waals surface area contributed by atoms with Gasteiger partial charge in [0.25, 0.3) is 0 Å². The van der Waals surface area contributed by atoms with E-state index in [2.05, 4.69) is 0 Å². The van der Waals surface area contributed by atoms with E-state index in [-0.39, 0.29) is 0 Å². The maximum absolute atomic E-state index is 2.00. The van der Waals surface area contributed by atoms with E-state index in [1.54, 1.807) is 0 Å². The van der Waals surface area contributed by atoms with Crippen molar-refractivity contribution in [1.82, 2.24) is 0 Å². The van der Waals surface area contributed by atoms with Crippen LogP contribution in [0.3, 0.4) is 0 Å². The molecule has 0 aromatic carbocycles. The molecule has 0 atom stereocenters. The Labute approximate surface area is 106 Å². The first-order chi connectivity index (χ1) is 7.74. The molecule has 0 aliphatic carbocycles. The minimum Gasteiger partial charge on any atom is -0.0919 e. The number of allylic oxidation sites excluding steroid dienone is 6. The zero-order chi connectivity index (χ0) is 14.2. The molecule has 0 rings (SSSR count). The molecule has 0 heterocycles. The van der Waals surface area contributed by atoms with Gasteiger partial charge >= 0.3 is 0 Å². The summed E-state index contributed by atoms with van der Waals surface area (Å²) in [5.74, 6) is 0. The topological polar surface area (TPSA) is 0 Å². The minimum absolute atomic E-state index is 2.00. The molecule has 0 radical (unpaired) electrons. The Kier molecular flexibility index (Phi) is 168. The van der Waals surface area contributed by atoms with Gasteiger partial charge in [-0.2, -0.15) is 0 Å². The van der Waals surface area contributed by atoms with E-state index in [4.69, 9.17) is 0 Å². The van der Waals surface area contributed by atoms with E-state index < -0.39 is 0 Å². The van der Waals surface area contributed by atoms with Gasteiger partial charge in [-0.1, -0.05) is 64.2 Å². The summed E-state index contributed by atoms with van der Waals surface area (Å²) in [6.07, 6.45) is 12.0. The summed E-state index contributed by atoms with van der Waals surface area (Å²) in [4.78, 5) is 0. The van der Waals surface area contributed by atoms with Crippen molar-refractivity contribution in [2.75, 3.05) is 0 Å². The zero-order valence-electron chi connectivity index (χ0n) is 13.5. The normalized spacial score (nSPS) is 7.88. The van der Waals surface area contributed by atoms with Crippen LogP contribution in [0.4, 0.5) is 0 Å². The van der Waals surface area contributed by atoms with E-state index >= 15 is 0 Å². The predicted molar refractivity (Wildman–Crippen MR) is 84.2 cm³/mol. The van der Waals surface area contributed by atoms with E-state index in [1.807, 2.05) is 106 Å². The highest BCUT2D eigenvalue weighted by atomic mass is 13.4. The molecule has 0 amide bonds. The largest absolute Gasteiger partial charge is 0.0919 e. The molecular formula is C16H36. The van der Waals surface area contributed by atoms with Crippen molar-refractivity contribution in [2.24, 2.45) is 0 Å².